The number of alkyl halides is 1. The molecule has 0 radical (unpaired) electrons. The van der Waals surface area contributed by atoms with Crippen molar-refractivity contribution in [3.8, 4) is 0 Å². The molecule has 0 aliphatic carbocycles. The zero-order valence-corrected chi connectivity index (χ0v) is 7.10. The summed E-state index contributed by atoms with van der Waals surface area (Å²) in [4.78, 5) is 10.2. The second kappa shape index (κ2) is 2.66. The molecule has 1 N–H and O–H groups in total. The summed E-state index contributed by atoms with van der Waals surface area (Å²) in [5.74, 6) is -0.730. The van der Waals surface area contributed by atoms with E-state index < -0.39 is 11.4 Å². The third-order valence-electron chi connectivity index (χ3n) is 0.913. The van der Waals surface area contributed by atoms with Crippen LogP contribution in [0.15, 0.2) is 0 Å². The number of rotatable bonds is 2. The first kappa shape index (κ1) is 8.20. The normalized spacial score (nSPS) is 11.4. The van der Waals surface area contributed by atoms with Gasteiger partial charge >= 0.3 is 5.97 Å². The molecule has 0 bridgehead atoms. The Morgan fingerprint density at radius 1 is 1.75 bits per heavy atom. The molecule has 0 aliphatic rings. The van der Waals surface area contributed by atoms with E-state index in [1.807, 2.05) is 0 Å². The van der Waals surface area contributed by atoms with Crippen molar-refractivity contribution in [2.75, 3.05) is 4.43 Å². The molecule has 0 saturated heterocycles. The minimum Gasteiger partial charge on any atom is -0.481 e. The highest BCUT2D eigenvalue weighted by Crippen LogP contribution is 2.17. The number of hydrogen-bond acceptors (Lipinski definition) is 1. The Morgan fingerprint density at radius 3 is 2.12 bits per heavy atom. The van der Waals surface area contributed by atoms with Gasteiger partial charge in [-0.15, -0.1) is 0 Å². The third kappa shape index (κ3) is 1.98. The Bertz CT molecular complexity index is 98.6. The molecule has 0 amide bonds. The number of aliphatic carboxylic acids is 1. The van der Waals surface area contributed by atoms with E-state index >= 15 is 0 Å². The molecule has 0 rings (SSSR count). The SMILES string of the molecule is CC(C)(CI)C(=O)O. The largest absolute Gasteiger partial charge is 0.481 e. The number of carboxylic acid groups (broad SMARTS) is 1. The van der Waals surface area contributed by atoms with Crippen LogP contribution in [0.2, 0.25) is 0 Å². The lowest BCUT2D eigenvalue weighted by molar-refractivity contribution is -0.145. The summed E-state index contributed by atoms with van der Waals surface area (Å²) >= 11 is 2.06. The van der Waals surface area contributed by atoms with Gasteiger partial charge in [-0.3, -0.25) is 4.79 Å². The van der Waals surface area contributed by atoms with Gasteiger partial charge in [0.1, 0.15) is 0 Å². The summed E-state index contributed by atoms with van der Waals surface area (Å²) in [5.41, 5.74) is -0.555. The van der Waals surface area contributed by atoms with Crippen LogP contribution in [0.5, 0.6) is 0 Å². The summed E-state index contributed by atoms with van der Waals surface area (Å²) in [6, 6.07) is 0. The molecule has 8 heavy (non-hydrogen) atoms. The van der Waals surface area contributed by atoms with Gasteiger partial charge in [0.15, 0.2) is 0 Å². The van der Waals surface area contributed by atoms with Gasteiger partial charge in [0.05, 0.1) is 5.41 Å². The standard InChI is InChI=1S/C5H9IO2/c1-5(2,3-6)4(7)8/h3H2,1-2H3,(H,7,8). The lowest BCUT2D eigenvalue weighted by Crippen LogP contribution is -2.24. The van der Waals surface area contributed by atoms with Crippen LogP contribution >= 0.6 is 22.6 Å². The van der Waals surface area contributed by atoms with Crippen LogP contribution < -0.4 is 0 Å². The van der Waals surface area contributed by atoms with E-state index in [-0.39, 0.29) is 0 Å². The average molecular weight is 228 g/mol. The lowest BCUT2D eigenvalue weighted by atomic mass is 9.98. The highest BCUT2D eigenvalue weighted by molar-refractivity contribution is 14.1. The molecule has 0 spiro atoms. The van der Waals surface area contributed by atoms with E-state index in [0.29, 0.717) is 4.43 Å². The smallest absolute Gasteiger partial charge is 0.309 e. The number of carbonyl (C=O) groups is 1. The molecule has 0 atom stereocenters. The highest BCUT2D eigenvalue weighted by Gasteiger charge is 2.24. The van der Waals surface area contributed by atoms with Crippen molar-refractivity contribution in [2.45, 2.75) is 13.8 Å². The van der Waals surface area contributed by atoms with Gasteiger partial charge in [-0.05, 0) is 13.8 Å². The molecule has 48 valence electrons. The van der Waals surface area contributed by atoms with Crippen molar-refractivity contribution in [1.82, 2.24) is 0 Å². The van der Waals surface area contributed by atoms with Crippen molar-refractivity contribution in [3.05, 3.63) is 0 Å². The van der Waals surface area contributed by atoms with Crippen LogP contribution in [-0.2, 0) is 4.79 Å². The molecular formula is C5H9IO2. The Balaban J connectivity index is 3.91. The summed E-state index contributed by atoms with van der Waals surface area (Å²) in [5, 5.41) is 8.44. The maximum absolute atomic E-state index is 10.2. The van der Waals surface area contributed by atoms with Gasteiger partial charge in [0.2, 0.25) is 0 Å². The lowest BCUT2D eigenvalue weighted by Gasteiger charge is -2.13. The van der Waals surface area contributed by atoms with Gasteiger partial charge in [-0.1, -0.05) is 22.6 Å². The van der Waals surface area contributed by atoms with Crippen LogP contribution in [0.3, 0.4) is 0 Å². The summed E-state index contributed by atoms with van der Waals surface area (Å²) in [7, 11) is 0. The Labute approximate surface area is 62.4 Å². The van der Waals surface area contributed by atoms with Crippen LogP contribution in [-0.4, -0.2) is 15.5 Å². The fourth-order valence-corrected chi connectivity index (χ4v) is 0.383. The Morgan fingerprint density at radius 2 is 2.12 bits per heavy atom. The highest BCUT2D eigenvalue weighted by atomic mass is 127. The molecule has 0 unspecified atom stereocenters. The first-order valence-corrected chi connectivity index (χ1v) is 3.82. The van der Waals surface area contributed by atoms with Gasteiger partial charge in [-0.25, -0.2) is 0 Å². The molecule has 0 fully saturated rings. The van der Waals surface area contributed by atoms with Crippen molar-refractivity contribution >= 4 is 28.6 Å². The van der Waals surface area contributed by atoms with E-state index in [9.17, 15) is 4.79 Å². The fourth-order valence-electron chi connectivity index (χ4n) is 0.0572. The molecular weight excluding hydrogens is 219 g/mol. The van der Waals surface area contributed by atoms with E-state index in [4.69, 9.17) is 5.11 Å². The van der Waals surface area contributed by atoms with Crippen LogP contribution in [0, 0.1) is 5.41 Å². The first-order valence-electron chi connectivity index (χ1n) is 2.30. The van der Waals surface area contributed by atoms with Crippen molar-refractivity contribution < 1.29 is 9.90 Å². The van der Waals surface area contributed by atoms with E-state index in [1.165, 1.54) is 0 Å². The topological polar surface area (TPSA) is 37.3 Å². The second-order valence-electron chi connectivity index (χ2n) is 2.32. The molecule has 0 aliphatic heterocycles. The van der Waals surface area contributed by atoms with Crippen LogP contribution in [0.4, 0.5) is 0 Å². The minimum atomic E-state index is -0.730. The van der Waals surface area contributed by atoms with E-state index in [2.05, 4.69) is 22.6 Å². The third-order valence-corrected chi connectivity index (χ3v) is 2.82. The zero-order valence-electron chi connectivity index (χ0n) is 4.94. The monoisotopic (exact) mass is 228 g/mol. The quantitative estimate of drug-likeness (QED) is 0.574. The molecule has 0 saturated carbocycles. The molecule has 3 heteroatoms. The maximum Gasteiger partial charge on any atom is 0.309 e. The van der Waals surface area contributed by atoms with Gasteiger partial charge in [0, 0.05) is 4.43 Å². The molecule has 0 aromatic rings. The Kier molecular flexibility index (Phi) is 2.73. The molecule has 0 aromatic heterocycles. The van der Waals surface area contributed by atoms with Crippen molar-refractivity contribution in [1.29, 1.82) is 0 Å². The number of halogens is 1. The fraction of sp³-hybridized carbons (Fsp3) is 0.800. The molecule has 2 nitrogen and oxygen atoms in total. The minimum absolute atomic E-state index is 0.555. The predicted octanol–water partition coefficient (Wildman–Crippen LogP) is 1.53. The summed E-state index contributed by atoms with van der Waals surface area (Å²) in [6.45, 7) is 3.42. The van der Waals surface area contributed by atoms with Crippen LogP contribution in [0.1, 0.15) is 13.8 Å². The Hall–Kier alpha value is 0.200. The number of carboxylic acids is 1. The van der Waals surface area contributed by atoms with E-state index in [0.717, 1.165) is 0 Å². The van der Waals surface area contributed by atoms with Crippen molar-refractivity contribution in [3.63, 3.8) is 0 Å². The summed E-state index contributed by atoms with van der Waals surface area (Å²) in [6.07, 6.45) is 0. The average Bonchev–Trinajstić information content (AvgIpc) is 1.67. The maximum atomic E-state index is 10.2. The zero-order chi connectivity index (χ0) is 6.78. The summed E-state index contributed by atoms with van der Waals surface area (Å²) < 4.78 is 0.653. The van der Waals surface area contributed by atoms with Gasteiger partial charge in [0.25, 0.3) is 0 Å². The van der Waals surface area contributed by atoms with Gasteiger partial charge < -0.3 is 5.11 Å². The first-order chi connectivity index (χ1) is 3.50. The molecule has 0 aromatic carbocycles. The van der Waals surface area contributed by atoms with E-state index in [1.54, 1.807) is 13.8 Å². The molecule has 0 heterocycles. The predicted molar refractivity (Wildman–Crippen MR) is 40.3 cm³/mol. The van der Waals surface area contributed by atoms with Crippen molar-refractivity contribution in [2.24, 2.45) is 5.41 Å². The van der Waals surface area contributed by atoms with Gasteiger partial charge in [-0.2, -0.15) is 0 Å². The van der Waals surface area contributed by atoms with Crippen LogP contribution in [0.25, 0.3) is 0 Å². The second-order valence-corrected chi connectivity index (χ2v) is 3.09. The number of hydrogen-bond donors (Lipinski definition) is 1.